The summed E-state index contributed by atoms with van der Waals surface area (Å²) in [7, 11) is 5.34. The standard InChI is InChI=1S/C15H14ClNO3/c1-17(2)9-4-5-10(15(6-9)20-3)11-7-14(19)12(16)8-13(11)18/h4-8H,1-3H3. The van der Waals surface area contributed by atoms with E-state index in [0.29, 0.717) is 16.9 Å². The second kappa shape index (κ2) is 5.51. The lowest BCUT2D eigenvalue weighted by Gasteiger charge is -2.17. The number of carbonyl (C=O) groups excluding carboxylic acids is 2. The molecule has 0 radical (unpaired) electrons. The van der Waals surface area contributed by atoms with E-state index in [4.69, 9.17) is 16.3 Å². The predicted molar refractivity (Wildman–Crippen MR) is 79.2 cm³/mol. The van der Waals surface area contributed by atoms with Crippen molar-refractivity contribution in [1.29, 1.82) is 0 Å². The van der Waals surface area contributed by atoms with Crippen LogP contribution in [0.25, 0.3) is 5.57 Å². The molecule has 1 aliphatic rings. The maximum atomic E-state index is 12.0. The molecule has 104 valence electrons. The van der Waals surface area contributed by atoms with Gasteiger partial charge in [0.05, 0.1) is 12.1 Å². The highest BCUT2D eigenvalue weighted by molar-refractivity contribution is 6.51. The number of rotatable bonds is 3. The van der Waals surface area contributed by atoms with E-state index in [0.717, 1.165) is 11.8 Å². The van der Waals surface area contributed by atoms with Crippen LogP contribution in [0.15, 0.2) is 35.4 Å². The molecule has 0 aliphatic heterocycles. The fourth-order valence-corrected chi connectivity index (χ4v) is 2.08. The van der Waals surface area contributed by atoms with Crippen molar-refractivity contribution >= 4 is 34.4 Å². The molecular formula is C15H14ClNO3. The van der Waals surface area contributed by atoms with Gasteiger partial charge >= 0.3 is 0 Å². The largest absolute Gasteiger partial charge is 0.496 e. The Kier molecular flexibility index (Phi) is 3.95. The first kappa shape index (κ1) is 14.3. The summed E-state index contributed by atoms with van der Waals surface area (Å²) in [5.41, 5.74) is 1.81. The third-order valence-electron chi connectivity index (χ3n) is 3.03. The van der Waals surface area contributed by atoms with Crippen LogP contribution >= 0.6 is 11.6 Å². The molecule has 4 nitrogen and oxygen atoms in total. The van der Waals surface area contributed by atoms with Crippen molar-refractivity contribution in [2.24, 2.45) is 0 Å². The predicted octanol–water partition coefficient (Wildman–Crippen LogP) is 2.42. The number of methoxy groups -OCH3 is 1. The van der Waals surface area contributed by atoms with Gasteiger partial charge in [0.2, 0.25) is 0 Å². The lowest BCUT2D eigenvalue weighted by atomic mass is 9.95. The molecule has 0 saturated carbocycles. The molecule has 1 aromatic rings. The number of ketones is 2. The summed E-state index contributed by atoms with van der Waals surface area (Å²) in [4.78, 5) is 25.5. The van der Waals surface area contributed by atoms with Crippen LogP contribution in [0.2, 0.25) is 0 Å². The van der Waals surface area contributed by atoms with Crippen molar-refractivity contribution in [2.45, 2.75) is 0 Å². The zero-order chi connectivity index (χ0) is 14.9. The lowest BCUT2D eigenvalue weighted by molar-refractivity contribution is -0.113. The van der Waals surface area contributed by atoms with Gasteiger partial charge in [-0.2, -0.15) is 0 Å². The summed E-state index contributed by atoms with van der Waals surface area (Å²) in [6.07, 6.45) is 2.39. The zero-order valence-electron chi connectivity index (χ0n) is 11.4. The maximum Gasteiger partial charge on any atom is 0.198 e. The minimum atomic E-state index is -0.375. The van der Waals surface area contributed by atoms with Crippen molar-refractivity contribution in [3.8, 4) is 5.75 Å². The van der Waals surface area contributed by atoms with Crippen LogP contribution in [0.1, 0.15) is 5.56 Å². The monoisotopic (exact) mass is 291 g/mol. The fraction of sp³-hybridized carbons (Fsp3) is 0.200. The SMILES string of the molecule is COc1cc(N(C)C)ccc1C1=CC(=O)C(Cl)=CC1=O. The molecule has 5 heteroatoms. The maximum absolute atomic E-state index is 12.0. The first-order chi connectivity index (χ1) is 9.43. The third-order valence-corrected chi connectivity index (χ3v) is 3.32. The van der Waals surface area contributed by atoms with E-state index in [9.17, 15) is 9.59 Å². The van der Waals surface area contributed by atoms with Gasteiger partial charge in [0, 0.05) is 43.1 Å². The molecule has 20 heavy (non-hydrogen) atoms. The minimum Gasteiger partial charge on any atom is -0.496 e. The Labute approximate surface area is 122 Å². The zero-order valence-corrected chi connectivity index (χ0v) is 12.2. The van der Waals surface area contributed by atoms with Gasteiger partial charge in [-0.25, -0.2) is 0 Å². The number of hydrogen-bond acceptors (Lipinski definition) is 4. The smallest absolute Gasteiger partial charge is 0.198 e. The van der Waals surface area contributed by atoms with Gasteiger partial charge in [0.15, 0.2) is 11.6 Å². The Morgan fingerprint density at radius 1 is 1.10 bits per heavy atom. The van der Waals surface area contributed by atoms with E-state index in [1.54, 1.807) is 6.07 Å². The van der Waals surface area contributed by atoms with Gasteiger partial charge in [0.25, 0.3) is 0 Å². The van der Waals surface area contributed by atoms with E-state index in [1.165, 1.54) is 13.2 Å². The number of carbonyl (C=O) groups is 2. The summed E-state index contributed by atoms with van der Waals surface area (Å²) in [6.45, 7) is 0. The minimum absolute atomic E-state index is 0.0670. The normalized spacial score (nSPS) is 14.8. The summed E-state index contributed by atoms with van der Waals surface area (Å²) < 4.78 is 5.32. The number of ether oxygens (including phenoxy) is 1. The van der Waals surface area contributed by atoms with Crippen molar-refractivity contribution in [3.63, 3.8) is 0 Å². The second-order valence-electron chi connectivity index (χ2n) is 4.56. The topological polar surface area (TPSA) is 46.6 Å². The Morgan fingerprint density at radius 2 is 1.80 bits per heavy atom. The van der Waals surface area contributed by atoms with E-state index >= 15 is 0 Å². The molecule has 0 amide bonds. The molecule has 0 N–H and O–H groups in total. The molecule has 2 rings (SSSR count). The van der Waals surface area contributed by atoms with Crippen LogP contribution in [-0.2, 0) is 9.59 Å². The molecular weight excluding hydrogens is 278 g/mol. The summed E-state index contributed by atoms with van der Waals surface area (Å²) >= 11 is 5.66. The first-order valence-electron chi connectivity index (χ1n) is 5.97. The molecule has 0 bridgehead atoms. The molecule has 0 saturated heterocycles. The number of hydrogen-bond donors (Lipinski definition) is 0. The summed E-state index contributed by atoms with van der Waals surface area (Å²) in [5.74, 6) is -0.138. The molecule has 0 fully saturated rings. The Balaban J connectivity index is 2.51. The van der Waals surface area contributed by atoms with E-state index in [2.05, 4.69) is 0 Å². The molecule has 0 spiro atoms. The fourth-order valence-electron chi connectivity index (χ4n) is 1.93. The Morgan fingerprint density at radius 3 is 2.40 bits per heavy atom. The summed E-state index contributed by atoms with van der Waals surface area (Å²) in [6, 6.07) is 5.43. The van der Waals surface area contributed by atoms with Crippen molar-refractivity contribution in [3.05, 3.63) is 40.9 Å². The highest BCUT2D eigenvalue weighted by Gasteiger charge is 2.22. The third kappa shape index (κ3) is 2.60. The van der Waals surface area contributed by atoms with Gasteiger partial charge in [0.1, 0.15) is 5.75 Å². The molecule has 0 aromatic heterocycles. The van der Waals surface area contributed by atoms with E-state index in [-0.39, 0.29) is 16.6 Å². The first-order valence-corrected chi connectivity index (χ1v) is 6.35. The van der Waals surface area contributed by atoms with Crippen molar-refractivity contribution in [2.75, 3.05) is 26.1 Å². The van der Waals surface area contributed by atoms with Crippen LogP contribution in [0.4, 0.5) is 5.69 Å². The molecule has 0 atom stereocenters. The molecule has 1 aliphatic carbocycles. The average Bonchev–Trinajstić information content (AvgIpc) is 2.42. The van der Waals surface area contributed by atoms with E-state index in [1.807, 2.05) is 31.1 Å². The van der Waals surface area contributed by atoms with Crippen LogP contribution in [-0.4, -0.2) is 32.8 Å². The second-order valence-corrected chi connectivity index (χ2v) is 4.97. The Hall–Kier alpha value is -2.07. The van der Waals surface area contributed by atoms with Crippen LogP contribution in [0, 0.1) is 0 Å². The number of anilines is 1. The molecule has 0 unspecified atom stereocenters. The van der Waals surface area contributed by atoms with Gasteiger partial charge in [-0.1, -0.05) is 11.6 Å². The average molecular weight is 292 g/mol. The van der Waals surface area contributed by atoms with Crippen molar-refractivity contribution < 1.29 is 14.3 Å². The van der Waals surface area contributed by atoms with Crippen LogP contribution < -0.4 is 9.64 Å². The van der Waals surface area contributed by atoms with Crippen molar-refractivity contribution in [1.82, 2.24) is 0 Å². The van der Waals surface area contributed by atoms with Gasteiger partial charge in [-0.3, -0.25) is 9.59 Å². The van der Waals surface area contributed by atoms with Crippen LogP contribution in [0.3, 0.4) is 0 Å². The van der Waals surface area contributed by atoms with Gasteiger partial charge in [-0.05, 0) is 18.2 Å². The number of allylic oxidation sites excluding steroid dienone is 4. The Bertz CT molecular complexity index is 645. The molecule has 0 heterocycles. The van der Waals surface area contributed by atoms with Gasteiger partial charge < -0.3 is 9.64 Å². The molecule has 1 aromatic carbocycles. The number of halogens is 1. The summed E-state index contributed by atoms with van der Waals surface area (Å²) in [5, 5.41) is -0.0670. The van der Waals surface area contributed by atoms with E-state index < -0.39 is 0 Å². The highest BCUT2D eigenvalue weighted by atomic mass is 35.5. The number of benzene rings is 1. The number of nitrogens with zero attached hydrogens (tertiary/aromatic N) is 1. The lowest BCUT2D eigenvalue weighted by Crippen LogP contribution is -2.12. The van der Waals surface area contributed by atoms with Gasteiger partial charge in [-0.15, -0.1) is 0 Å². The quantitative estimate of drug-likeness (QED) is 0.803. The van der Waals surface area contributed by atoms with Crippen LogP contribution in [0.5, 0.6) is 5.75 Å². The highest BCUT2D eigenvalue weighted by Crippen LogP contribution is 2.33.